The van der Waals surface area contributed by atoms with E-state index in [-0.39, 0.29) is 12.0 Å². The van der Waals surface area contributed by atoms with E-state index in [4.69, 9.17) is 14.6 Å². The van der Waals surface area contributed by atoms with Crippen LogP contribution >= 0.6 is 11.8 Å². The second-order valence-corrected chi connectivity index (χ2v) is 4.81. The summed E-state index contributed by atoms with van der Waals surface area (Å²) < 4.78 is 10.4. The Morgan fingerprint density at radius 3 is 2.88 bits per heavy atom. The van der Waals surface area contributed by atoms with Crippen molar-refractivity contribution in [3.05, 3.63) is 0 Å². The number of aliphatic carboxylic acids is 1. The zero-order valence-electron chi connectivity index (χ0n) is 9.68. The molecular weight excluding hydrogens is 246 g/mol. The summed E-state index contributed by atoms with van der Waals surface area (Å²) in [5.41, 5.74) is 0. The van der Waals surface area contributed by atoms with Gasteiger partial charge in [0.05, 0.1) is 12.7 Å². The quantitative estimate of drug-likeness (QED) is 0.705. The lowest BCUT2D eigenvalue weighted by atomic mass is 10.3. The van der Waals surface area contributed by atoms with Crippen LogP contribution in [0.15, 0.2) is 0 Å². The Balaban J connectivity index is 2.21. The van der Waals surface area contributed by atoms with E-state index >= 15 is 0 Å². The highest BCUT2D eigenvalue weighted by molar-refractivity contribution is 7.99. The van der Waals surface area contributed by atoms with Crippen LogP contribution in [0.1, 0.15) is 13.3 Å². The number of rotatable bonds is 6. The van der Waals surface area contributed by atoms with Gasteiger partial charge in [-0.1, -0.05) is 0 Å². The molecule has 0 spiro atoms. The van der Waals surface area contributed by atoms with E-state index in [2.05, 4.69) is 5.32 Å². The van der Waals surface area contributed by atoms with Crippen molar-refractivity contribution in [3.8, 4) is 0 Å². The van der Waals surface area contributed by atoms with Gasteiger partial charge in [0.1, 0.15) is 12.8 Å². The van der Waals surface area contributed by atoms with Gasteiger partial charge in [-0.2, -0.15) is 11.8 Å². The molecule has 0 bridgehead atoms. The van der Waals surface area contributed by atoms with Gasteiger partial charge in [0.25, 0.3) is 0 Å². The molecule has 0 radical (unpaired) electrons. The zero-order valence-corrected chi connectivity index (χ0v) is 10.5. The SMILES string of the molecule is CC(=O)N[C@@H](CSCC1CCOCO1)C(=O)O. The van der Waals surface area contributed by atoms with Gasteiger partial charge < -0.3 is 19.9 Å². The van der Waals surface area contributed by atoms with E-state index in [0.29, 0.717) is 24.9 Å². The largest absolute Gasteiger partial charge is 0.480 e. The van der Waals surface area contributed by atoms with Crippen molar-refractivity contribution in [1.29, 1.82) is 0 Å². The minimum absolute atomic E-state index is 0.112. The maximum absolute atomic E-state index is 10.8. The predicted octanol–water partition coefficient (Wildman–Crippen LogP) is 0.0719. The van der Waals surface area contributed by atoms with Crippen molar-refractivity contribution in [2.75, 3.05) is 24.9 Å². The van der Waals surface area contributed by atoms with Crippen LogP contribution in [-0.2, 0) is 19.1 Å². The first-order valence-corrected chi connectivity index (χ1v) is 6.52. The van der Waals surface area contributed by atoms with Gasteiger partial charge in [0.15, 0.2) is 0 Å². The Bertz CT molecular complexity index is 267. The summed E-state index contributed by atoms with van der Waals surface area (Å²) >= 11 is 1.46. The fourth-order valence-electron chi connectivity index (χ4n) is 1.37. The third-order valence-electron chi connectivity index (χ3n) is 2.24. The minimum atomic E-state index is -1.01. The smallest absolute Gasteiger partial charge is 0.327 e. The molecular formula is C10H17NO5S. The number of hydrogen-bond acceptors (Lipinski definition) is 5. The molecule has 1 aliphatic heterocycles. The number of carbonyl (C=O) groups excluding carboxylic acids is 1. The molecule has 17 heavy (non-hydrogen) atoms. The Labute approximate surface area is 104 Å². The lowest BCUT2D eigenvalue weighted by Crippen LogP contribution is -2.41. The fourth-order valence-corrected chi connectivity index (χ4v) is 2.49. The molecule has 0 aromatic carbocycles. The summed E-state index contributed by atoms with van der Waals surface area (Å²) in [5, 5.41) is 11.3. The van der Waals surface area contributed by atoms with E-state index in [9.17, 15) is 9.59 Å². The highest BCUT2D eigenvalue weighted by Crippen LogP contribution is 2.13. The summed E-state index contributed by atoms with van der Waals surface area (Å²) in [7, 11) is 0. The van der Waals surface area contributed by atoms with Crippen LogP contribution in [0.5, 0.6) is 0 Å². The van der Waals surface area contributed by atoms with Gasteiger partial charge >= 0.3 is 5.97 Å². The Morgan fingerprint density at radius 1 is 1.59 bits per heavy atom. The summed E-state index contributed by atoms with van der Waals surface area (Å²) in [6, 6.07) is -0.836. The number of carbonyl (C=O) groups is 2. The number of amides is 1. The van der Waals surface area contributed by atoms with Crippen molar-refractivity contribution in [2.24, 2.45) is 0 Å². The van der Waals surface area contributed by atoms with Gasteiger partial charge in [-0.25, -0.2) is 4.79 Å². The van der Waals surface area contributed by atoms with Crippen LogP contribution < -0.4 is 5.32 Å². The maximum atomic E-state index is 10.8. The highest BCUT2D eigenvalue weighted by atomic mass is 32.2. The molecule has 1 aliphatic rings. The lowest BCUT2D eigenvalue weighted by Gasteiger charge is -2.23. The Kier molecular flexibility index (Phi) is 6.31. The number of hydrogen-bond donors (Lipinski definition) is 2. The van der Waals surface area contributed by atoms with Crippen molar-refractivity contribution in [1.82, 2.24) is 5.32 Å². The average molecular weight is 263 g/mol. The van der Waals surface area contributed by atoms with Crippen LogP contribution in [0.3, 0.4) is 0 Å². The fraction of sp³-hybridized carbons (Fsp3) is 0.800. The highest BCUT2D eigenvalue weighted by Gasteiger charge is 2.20. The number of thioether (sulfide) groups is 1. The molecule has 1 heterocycles. The third-order valence-corrected chi connectivity index (χ3v) is 3.41. The van der Waals surface area contributed by atoms with Crippen molar-refractivity contribution < 1.29 is 24.2 Å². The molecule has 0 aromatic heterocycles. The van der Waals surface area contributed by atoms with E-state index in [1.807, 2.05) is 0 Å². The van der Waals surface area contributed by atoms with Crippen molar-refractivity contribution in [3.63, 3.8) is 0 Å². The van der Waals surface area contributed by atoms with Gasteiger partial charge in [-0.15, -0.1) is 0 Å². The van der Waals surface area contributed by atoms with E-state index in [1.165, 1.54) is 18.7 Å². The average Bonchev–Trinajstić information content (AvgIpc) is 2.28. The maximum Gasteiger partial charge on any atom is 0.327 e. The molecule has 1 rings (SSSR count). The van der Waals surface area contributed by atoms with Crippen LogP contribution in [0.4, 0.5) is 0 Å². The molecule has 2 atom stereocenters. The van der Waals surface area contributed by atoms with Crippen molar-refractivity contribution >= 4 is 23.6 Å². The standard InChI is InChI=1S/C10H17NO5S/c1-7(12)11-9(10(13)14)5-17-4-8-2-3-15-6-16-8/h8-9H,2-6H2,1H3,(H,11,12)(H,13,14)/t8?,9-/m0/s1. The lowest BCUT2D eigenvalue weighted by molar-refractivity contribution is -0.140. The molecule has 7 heteroatoms. The van der Waals surface area contributed by atoms with Gasteiger partial charge in [-0.3, -0.25) is 4.79 Å². The summed E-state index contributed by atoms with van der Waals surface area (Å²) in [6.07, 6.45) is 0.936. The molecule has 0 aromatic rings. The summed E-state index contributed by atoms with van der Waals surface area (Å²) in [6.45, 7) is 2.29. The number of carboxylic acids is 1. The van der Waals surface area contributed by atoms with E-state index in [1.54, 1.807) is 0 Å². The third kappa shape index (κ3) is 5.90. The monoisotopic (exact) mass is 263 g/mol. The van der Waals surface area contributed by atoms with E-state index < -0.39 is 12.0 Å². The Morgan fingerprint density at radius 2 is 2.35 bits per heavy atom. The van der Waals surface area contributed by atoms with E-state index in [0.717, 1.165) is 6.42 Å². The topological polar surface area (TPSA) is 84.9 Å². The second kappa shape index (κ2) is 7.52. The molecule has 0 saturated carbocycles. The van der Waals surface area contributed by atoms with Gasteiger partial charge in [0.2, 0.25) is 5.91 Å². The van der Waals surface area contributed by atoms with Gasteiger partial charge in [0, 0.05) is 18.4 Å². The molecule has 98 valence electrons. The molecule has 2 N–H and O–H groups in total. The summed E-state index contributed by atoms with van der Waals surface area (Å²) in [4.78, 5) is 21.6. The number of carboxylic acid groups (broad SMARTS) is 1. The van der Waals surface area contributed by atoms with Crippen molar-refractivity contribution in [2.45, 2.75) is 25.5 Å². The minimum Gasteiger partial charge on any atom is -0.480 e. The molecule has 1 unspecified atom stereocenters. The first kappa shape index (κ1) is 14.3. The second-order valence-electron chi connectivity index (χ2n) is 3.73. The first-order valence-electron chi connectivity index (χ1n) is 5.36. The van der Waals surface area contributed by atoms with Crippen LogP contribution in [0.25, 0.3) is 0 Å². The number of nitrogens with one attached hydrogen (secondary N) is 1. The number of ether oxygens (including phenoxy) is 2. The summed E-state index contributed by atoms with van der Waals surface area (Å²) in [5.74, 6) is -0.288. The molecule has 1 amide bonds. The molecule has 6 nitrogen and oxygen atoms in total. The van der Waals surface area contributed by atoms with Crippen LogP contribution in [0, 0.1) is 0 Å². The van der Waals surface area contributed by atoms with Crippen LogP contribution in [0.2, 0.25) is 0 Å². The predicted molar refractivity (Wildman–Crippen MR) is 62.9 cm³/mol. The molecule has 1 fully saturated rings. The first-order chi connectivity index (χ1) is 8.09. The van der Waals surface area contributed by atoms with Crippen LogP contribution in [-0.4, -0.2) is 54.0 Å². The molecule has 1 saturated heterocycles. The molecule has 0 aliphatic carbocycles. The normalized spacial score (nSPS) is 21.8. The van der Waals surface area contributed by atoms with Gasteiger partial charge in [-0.05, 0) is 6.42 Å². The zero-order chi connectivity index (χ0) is 12.7. The Hall–Kier alpha value is -0.790.